The standard InChI is InChI=1S/C22H20N4O4/c1-23-21(28)15-9-7-14(8-10-15)11-25(2)18(27)12-26-13-24-19-16-5-3-4-6-17(16)30-20(19)22(26)29/h3-10,13H,11-12H2,1-2H3,(H,23,28). The molecule has 0 saturated carbocycles. The predicted octanol–water partition coefficient (Wildman–Crippen LogP) is 2.16. The van der Waals surface area contributed by atoms with E-state index in [1.165, 1.54) is 15.8 Å². The molecule has 0 atom stereocenters. The first-order chi connectivity index (χ1) is 14.5. The number of para-hydroxylation sites is 1. The van der Waals surface area contributed by atoms with E-state index in [9.17, 15) is 14.4 Å². The van der Waals surface area contributed by atoms with Crippen LogP contribution < -0.4 is 10.9 Å². The molecule has 8 nitrogen and oxygen atoms in total. The highest BCUT2D eigenvalue weighted by molar-refractivity contribution is 6.01. The van der Waals surface area contributed by atoms with Crippen LogP contribution in [0, 0.1) is 0 Å². The van der Waals surface area contributed by atoms with Crippen LogP contribution in [-0.4, -0.2) is 40.4 Å². The van der Waals surface area contributed by atoms with Crippen molar-refractivity contribution >= 4 is 33.9 Å². The van der Waals surface area contributed by atoms with Crippen LogP contribution >= 0.6 is 0 Å². The molecule has 0 bridgehead atoms. The van der Waals surface area contributed by atoms with Crippen molar-refractivity contribution in [2.45, 2.75) is 13.1 Å². The van der Waals surface area contributed by atoms with Gasteiger partial charge >= 0.3 is 0 Å². The van der Waals surface area contributed by atoms with Crippen LogP contribution in [0.15, 0.2) is 64.1 Å². The van der Waals surface area contributed by atoms with Crippen LogP contribution in [0.5, 0.6) is 0 Å². The van der Waals surface area contributed by atoms with Gasteiger partial charge < -0.3 is 14.6 Å². The van der Waals surface area contributed by atoms with E-state index in [0.717, 1.165) is 10.9 Å². The summed E-state index contributed by atoms with van der Waals surface area (Å²) in [6.45, 7) is 0.202. The van der Waals surface area contributed by atoms with Gasteiger partial charge in [0.15, 0.2) is 0 Å². The predicted molar refractivity (Wildman–Crippen MR) is 112 cm³/mol. The molecule has 152 valence electrons. The summed E-state index contributed by atoms with van der Waals surface area (Å²) >= 11 is 0. The molecule has 0 aliphatic heterocycles. The van der Waals surface area contributed by atoms with Crippen molar-refractivity contribution < 1.29 is 14.0 Å². The molecule has 0 fully saturated rings. The molecule has 2 heterocycles. The van der Waals surface area contributed by atoms with Gasteiger partial charge in [-0.2, -0.15) is 0 Å². The Kier molecular flexibility index (Phi) is 5.05. The largest absolute Gasteiger partial charge is 0.448 e. The molecule has 8 heteroatoms. The lowest BCUT2D eigenvalue weighted by molar-refractivity contribution is -0.131. The molecule has 2 aromatic carbocycles. The molecule has 0 aliphatic carbocycles. The second-order valence-corrected chi connectivity index (χ2v) is 6.98. The fraction of sp³-hybridized carbons (Fsp3) is 0.182. The Bertz CT molecular complexity index is 1300. The number of hydrogen-bond donors (Lipinski definition) is 1. The molecule has 4 aromatic rings. The molecule has 1 N–H and O–H groups in total. The molecular weight excluding hydrogens is 384 g/mol. The molecule has 2 aromatic heterocycles. The number of rotatable bonds is 5. The zero-order valence-electron chi connectivity index (χ0n) is 16.6. The lowest BCUT2D eigenvalue weighted by Crippen LogP contribution is -2.33. The van der Waals surface area contributed by atoms with Gasteiger partial charge in [0.2, 0.25) is 11.5 Å². The second kappa shape index (κ2) is 7.82. The van der Waals surface area contributed by atoms with Crippen LogP contribution in [0.25, 0.3) is 22.1 Å². The van der Waals surface area contributed by atoms with Crippen molar-refractivity contribution in [1.82, 2.24) is 19.8 Å². The number of furan rings is 1. The van der Waals surface area contributed by atoms with Crippen molar-refractivity contribution in [3.05, 3.63) is 76.3 Å². The molecular formula is C22H20N4O4. The number of nitrogens with zero attached hydrogens (tertiary/aromatic N) is 3. The van der Waals surface area contributed by atoms with Crippen molar-refractivity contribution in [3.63, 3.8) is 0 Å². The van der Waals surface area contributed by atoms with Gasteiger partial charge in [0.25, 0.3) is 11.5 Å². The number of carbonyl (C=O) groups excluding carboxylic acids is 2. The summed E-state index contributed by atoms with van der Waals surface area (Å²) in [5.74, 6) is -0.413. The number of hydrogen-bond acceptors (Lipinski definition) is 5. The summed E-state index contributed by atoms with van der Waals surface area (Å²) in [4.78, 5) is 42.9. The minimum Gasteiger partial charge on any atom is -0.448 e. The maximum absolute atomic E-state index is 12.8. The molecule has 0 aliphatic rings. The summed E-state index contributed by atoms with van der Waals surface area (Å²) in [5, 5.41) is 3.33. The quantitative estimate of drug-likeness (QED) is 0.550. The van der Waals surface area contributed by atoms with E-state index in [2.05, 4.69) is 10.3 Å². The monoisotopic (exact) mass is 404 g/mol. The fourth-order valence-corrected chi connectivity index (χ4v) is 3.26. The average molecular weight is 404 g/mol. The Morgan fingerprint density at radius 2 is 1.87 bits per heavy atom. The van der Waals surface area contributed by atoms with Gasteiger partial charge in [-0.3, -0.25) is 19.0 Å². The molecule has 0 spiro atoms. The lowest BCUT2D eigenvalue weighted by Gasteiger charge is -2.18. The van der Waals surface area contributed by atoms with Crippen LogP contribution in [0.4, 0.5) is 0 Å². The molecule has 4 rings (SSSR count). The topological polar surface area (TPSA) is 97.4 Å². The molecule has 0 saturated heterocycles. The van der Waals surface area contributed by atoms with Gasteiger partial charge in [-0.25, -0.2) is 4.98 Å². The number of aromatic nitrogens is 2. The van der Waals surface area contributed by atoms with Gasteiger partial charge in [-0.15, -0.1) is 0 Å². The highest BCUT2D eigenvalue weighted by Gasteiger charge is 2.16. The zero-order chi connectivity index (χ0) is 21.3. The highest BCUT2D eigenvalue weighted by Crippen LogP contribution is 2.24. The number of likely N-dealkylation sites (N-methyl/N-ethyl adjacent to an activating group) is 1. The second-order valence-electron chi connectivity index (χ2n) is 6.98. The van der Waals surface area contributed by atoms with Gasteiger partial charge in [-0.1, -0.05) is 24.3 Å². The SMILES string of the molecule is CNC(=O)c1ccc(CN(C)C(=O)Cn2cnc3c(oc4ccccc43)c2=O)cc1. The van der Waals surface area contributed by atoms with Gasteiger partial charge in [0.05, 0.1) is 6.33 Å². The first-order valence-electron chi connectivity index (χ1n) is 9.39. The van der Waals surface area contributed by atoms with Gasteiger partial charge in [-0.05, 0) is 29.8 Å². The fourth-order valence-electron chi connectivity index (χ4n) is 3.26. The van der Waals surface area contributed by atoms with E-state index < -0.39 is 5.56 Å². The molecule has 2 amide bonds. The number of nitrogens with one attached hydrogen (secondary N) is 1. The van der Waals surface area contributed by atoms with E-state index in [4.69, 9.17) is 4.42 Å². The van der Waals surface area contributed by atoms with E-state index in [1.807, 2.05) is 18.2 Å². The highest BCUT2D eigenvalue weighted by atomic mass is 16.3. The van der Waals surface area contributed by atoms with Crippen molar-refractivity contribution in [3.8, 4) is 0 Å². The van der Waals surface area contributed by atoms with E-state index in [0.29, 0.717) is 23.2 Å². The van der Waals surface area contributed by atoms with Crippen LogP contribution in [0.2, 0.25) is 0 Å². The van der Waals surface area contributed by atoms with Crippen molar-refractivity contribution in [1.29, 1.82) is 0 Å². The Labute approximate surface area is 171 Å². The van der Waals surface area contributed by atoms with Gasteiger partial charge in [0, 0.05) is 31.6 Å². The maximum atomic E-state index is 12.8. The summed E-state index contributed by atoms with van der Waals surface area (Å²) in [5.41, 5.74) is 2.23. The van der Waals surface area contributed by atoms with Gasteiger partial charge in [0.1, 0.15) is 17.6 Å². The minimum absolute atomic E-state index is 0.138. The number of amides is 2. The third-order valence-electron chi connectivity index (χ3n) is 4.94. The van der Waals surface area contributed by atoms with E-state index in [1.54, 1.807) is 44.4 Å². The van der Waals surface area contributed by atoms with Crippen LogP contribution in [-0.2, 0) is 17.9 Å². The summed E-state index contributed by atoms with van der Waals surface area (Å²) in [7, 11) is 3.23. The first-order valence-corrected chi connectivity index (χ1v) is 9.39. The van der Waals surface area contributed by atoms with Crippen molar-refractivity contribution in [2.24, 2.45) is 0 Å². The number of carbonyl (C=O) groups is 2. The number of fused-ring (bicyclic) bond motifs is 3. The average Bonchev–Trinajstić information content (AvgIpc) is 3.15. The molecule has 0 radical (unpaired) electrons. The zero-order valence-corrected chi connectivity index (χ0v) is 16.6. The Morgan fingerprint density at radius 3 is 2.60 bits per heavy atom. The Balaban J connectivity index is 1.51. The first kappa shape index (κ1) is 19.4. The van der Waals surface area contributed by atoms with E-state index in [-0.39, 0.29) is 23.9 Å². The van der Waals surface area contributed by atoms with Crippen LogP contribution in [0.1, 0.15) is 15.9 Å². The summed E-state index contributed by atoms with van der Waals surface area (Å²) < 4.78 is 6.90. The number of benzene rings is 2. The smallest absolute Gasteiger partial charge is 0.297 e. The minimum atomic E-state index is -0.395. The summed E-state index contributed by atoms with van der Waals surface area (Å²) in [6, 6.07) is 14.3. The normalized spacial score (nSPS) is 11.0. The Hall–Kier alpha value is -3.94. The Morgan fingerprint density at radius 1 is 1.13 bits per heavy atom. The molecule has 30 heavy (non-hydrogen) atoms. The van der Waals surface area contributed by atoms with E-state index >= 15 is 0 Å². The third-order valence-corrected chi connectivity index (χ3v) is 4.94. The third kappa shape index (κ3) is 3.55. The lowest BCUT2D eigenvalue weighted by atomic mass is 10.1. The maximum Gasteiger partial charge on any atom is 0.297 e. The van der Waals surface area contributed by atoms with Crippen molar-refractivity contribution in [2.75, 3.05) is 14.1 Å². The summed E-state index contributed by atoms with van der Waals surface area (Å²) in [6.07, 6.45) is 1.37. The van der Waals surface area contributed by atoms with Crippen LogP contribution in [0.3, 0.4) is 0 Å². The molecule has 0 unspecified atom stereocenters.